The molecule has 0 saturated carbocycles. The molecule has 0 spiro atoms. The van der Waals surface area contributed by atoms with Gasteiger partial charge in [0.15, 0.2) is 0 Å². The summed E-state index contributed by atoms with van der Waals surface area (Å²) in [6, 6.07) is 4.13. The van der Waals surface area contributed by atoms with Crippen LogP contribution in [-0.4, -0.2) is 38.7 Å². The van der Waals surface area contributed by atoms with Crippen molar-refractivity contribution in [3.05, 3.63) is 26.6 Å². The first-order valence-corrected chi connectivity index (χ1v) is 8.09. The second kappa shape index (κ2) is 8.95. The Balaban J connectivity index is 2.68. The summed E-state index contributed by atoms with van der Waals surface area (Å²) in [6.07, 6.45) is 1.01. The van der Waals surface area contributed by atoms with Gasteiger partial charge in [0.1, 0.15) is 5.75 Å². The number of likely N-dealkylation sites (N-methyl/N-ethyl adjacent to an activating group) is 1. The zero-order valence-electron chi connectivity index (χ0n) is 11.8. The van der Waals surface area contributed by atoms with Gasteiger partial charge in [-0.05, 0) is 48.6 Å². The molecule has 108 valence electrons. The average Bonchev–Trinajstić information content (AvgIpc) is 2.33. The molecule has 3 nitrogen and oxygen atoms in total. The smallest absolute Gasteiger partial charge is 0.138 e. The Morgan fingerprint density at radius 2 is 2.00 bits per heavy atom. The van der Waals surface area contributed by atoms with Crippen molar-refractivity contribution in [2.45, 2.75) is 19.9 Å². The number of hydrogen-bond donors (Lipinski definition) is 1. The molecule has 0 amide bonds. The number of halogens is 2. The molecule has 0 radical (unpaired) electrons. The van der Waals surface area contributed by atoms with Crippen LogP contribution < -0.4 is 10.1 Å². The van der Waals surface area contributed by atoms with E-state index in [1.807, 2.05) is 6.07 Å². The van der Waals surface area contributed by atoms with E-state index >= 15 is 0 Å². The minimum absolute atomic E-state index is 0.741. The van der Waals surface area contributed by atoms with Gasteiger partial charge in [0, 0.05) is 29.7 Å². The molecule has 1 rings (SSSR count). The molecule has 0 bridgehead atoms. The lowest BCUT2D eigenvalue weighted by Gasteiger charge is -2.15. The van der Waals surface area contributed by atoms with Crippen molar-refractivity contribution >= 4 is 31.9 Å². The van der Waals surface area contributed by atoms with E-state index in [1.54, 1.807) is 0 Å². The third kappa shape index (κ3) is 6.25. The van der Waals surface area contributed by atoms with Gasteiger partial charge in [-0.25, -0.2) is 0 Å². The van der Waals surface area contributed by atoms with Crippen LogP contribution in [0.3, 0.4) is 0 Å². The summed E-state index contributed by atoms with van der Waals surface area (Å²) in [6.45, 7) is 5.66. The summed E-state index contributed by atoms with van der Waals surface area (Å²) < 4.78 is 7.89. The summed E-state index contributed by atoms with van der Waals surface area (Å²) in [4.78, 5) is 2.17. The van der Waals surface area contributed by atoms with E-state index in [1.165, 1.54) is 5.56 Å². The number of nitrogens with one attached hydrogen (secondary N) is 1. The van der Waals surface area contributed by atoms with E-state index in [-0.39, 0.29) is 0 Å². The van der Waals surface area contributed by atoms with Gasteiger partial charge in [0.05, 0.1) is 11.1 Å². The molecule has 0 fully saturated rings. The van der Waals surface area contributed by atoms with Gasteiger partial charge in [0.2, 0.25) is 0 Å². The Morgan fingerprint density at radius 1 is 1.26 bits per heavy atom. The summed E-state index contributed by atoms with van der Waals surface area (Å²) in [5.74, 6) is 0.947. The van der Waals surface area contributed by atoms with Gasteiger partial charge in [-0.1, -0.05) is 22.9 Å². The summed E-state index contributed by atoms with van der Waals surface area (Å²) in [5.41, 5.74) is 1.17. The summed E-state index contributed by atoms with van der Waals surface area (Å²) in [7, 11) is 4.15. The third-order valence-corrected chi connectivity index (χ3v) is 3.63. The number of rotatable bonds is 8. The lowest BCUT2D eigenvalue weighted by Crippen LogP contribution is -2.26. The van der Waals surface area contributed by atoms with Crippen LogP contribution in [0.4, 0.5) is 0 Å². The number of hydrogen-bond acceptors (Lipinski definition) is 3. The molecule has 1 N–H and O–H groups in total. The molecule has 0 unspecified atom stereocenters. The zero-order valence-corrected chi connectivity index (χ0v) is 15.0. The normalized spacial score (nSPS) is 11.1. The van der Waals surface area contributed by atoms with Crippen molar-refractivity contribution in [3.63, 3.8) is 0 Å². The molecule has 0 saturated heterocycles. The van der Waals surface area contributed by atoms with Crippen LogP contribution in [0.15, 0.2) is 21.1 Å². The Kier molecular flexibility index (Phi) is 7.99. The van der Waals surface area contributed by atoms with Crippen molar-refractivity contribution in [2.24, 2.45) is 0 Å². The maximum atomic E-state index is 5.83. The van der Waals surface area contributed by atoms with E-state index in [9.17, 15) is 0 Å². The molecule has 0 atom stereocenters. The fraction of sp³-hybridized carbons (Fsp3) is 0.571. The lowest BCUT2D eigenvalue weighted by atomic mass is 10.2. The molecule has 0 heterocycles. The fourth-order valence-corrected chi connectivity index (χ4v) is 3.06. The quantitative estimate of drug-likeness (QED) is 0.682. The average molecular weight is 394 g/mol. The maximum absolute atomic E-state index is 5.83. The molecule has 0 aromatic heterocycles. The highest BCUT2D eigenvalue weighted by Gasteiger charge is 2.10. The predicted octanol–water partition coefficient (Wildman–Crippen LogP) is 3.65. The Labute approximate surface area is 133 Å². The Hall–Kier alpha value is -0.100. The lowest BCUT2D eigenvalue weighted by molar-refractivity contribution is 0.311. The fourth-order valence-electron chi connectivity index (χ4n) is 1.64. The minimum atomic E-state index is 0.741. The molecule has 5 heteroatoms. The van der Waals surface area contributed by atoms with Gasteiger partial charge in [-0.3, -0.25) is 0 Å². The second-order valence-corrected chi connectivity index (χ2v) is 6.47. The highest BCUT2D eigenvalue weighted by molar-refractivity contribution is 9.11. The third-order valence-electron chi connectivity index (χ3n) is 2.59. The second-order valence-electron chi connectivity index (χ2n) is 4.70. The summed E-state index contributed by atoms with van der Waals surface area (Å²) in [5, 5.41) is 3.44. The van der Waals surface area contributed by atoms with Gasteiger partial charge in [-0.2, -0.15) is 0 Å². The number of benzene rings is 1. The van der Waals surface area contributed by atoms with E-state index < -0.39 is 0 Å². The van der Waals surface area contributed by atoms with Crippen molar-refractivity contribution in [1.82, 2.24) is 10.2 Å². The van der Waals surface area contributed by atoms with E-state index in [0.717, 1.165) is 47.4 Å². The Morgan fingerprint density at radius 3 is 2.63 bits per heavy atom. The molecule has 0 aliphatic heterocycles. The highest BCUT2D eigenvalue weighted by atomic mass is 79.9. The first-order chi connectivity index (χ1) is 9.04. The van der Waals surface area contributed by atoms with E-state index in [4.69, 9.17) is 4.74 Å². The Bertz CT molecular complexity index is 397. The standard InChI is InChI=1S/C14H22Br2N2O/c1-4-7-19-14-11(8-12(15)9-13(14)16)10-17-5-6-18(2)3/h8-9,17H,4-7,10H2,1-3H3. The minimum Gasteiger partial charge on any atom is -0.492 e. The molecular weight excluding hydrogens is 372 g/mol. The van der Waals surface area contributed by atoms with Crippen LogP contribution in [-0.2, 0) is 6.54 Å². The zero-order chi connectivity index (χ0) is 14.3. The SMILES string of the molecule is CCCOc1c(Br)cc(Br)cc1CNCCN(C)C. The largest absolute Gasteiger partial charge is 0.492 e. The van der Waals surface area contributed by atoms with E-state index in [0.29, 0.717) is 0 Å². The van der Waals surface area contributed by atoms with Gasteiger partial charge < -0.3 is 15.0 Å². The van der Waals surface area contributed by atoms with Crippen molar-refractivity contribution in [1.29, 1.82) is 0 Å². The molecule has 1 aromatic rings. The van der Waals surface area contributed by atoms with Crippen molar-refractivity contribution < 1.29 is 4.74 Å². The van der Waals surface area contributed by atoms with Crippen LogP contribution in [0.1, 0.15) is 18.9 Å². The predicted molar refractivity (Wildman–Crippen MR) is 87.9 cm³/mol. The van der Waals surface area contributed by atoms with Gasteiger partial charge in [0.25, 0.3) is 0 Å². The first kappa shape index (κ1) is 17.0. The van der Waals surface area contributed by atoms with Gasteiger partial charge in [-0.15, -0.1) is 0 Å². The number of nitrogens with zero attached hydrogens (tertiary/aromatic N) is 1. The van der Waals surface area contributed by atoms with Crippen LogP contribution in [0.2, 0.25) is 0 Å². The van der Waals surface area contributed by atoms with Crippen LogP contribution in [0, 0.1) is 0 Å². The first-order valence-electron chi connectivity index (χ1n) is 6.50. The molecule has 0 aliphatic rings. The van der Waals surface area contributed by atoms with Crippen molar-refractivity contribution in [2.75, 3.05) is 33.8 Å². The maximum Gasteiger partial charge on any atom is 0.138 e. The van der Waals surface area contributed by atoms with Gasteiger partial charge >= 0.3 is 0 Å². The van der Waals surface area contributed by atoms with E-state index in [2.05, 4.69) is 69.2 Å². The highest BCUT2D eigenvalue weighted by Crippen LogP contribution is 2.33. The monoisotopic (exact) mass is 392 g/mol. The van der Waals surface area contributed by atoms with Crippen molar-refractivity contribution in [3.8, 4) is 5.75 Å². The van der Waals surface area contributed by atoms with Crippen LogP contribution in [0.25, 0.3) is 0 Å². The summed E-state index contributed by atoms with van der Waals surface area (Å²) >= 11 is 7.10. The topological polar surface area (TPSA) is 24.5 Å². The number of ether oxygens (including phenoxy) is 1. The molecule has 0 aliphatic carbocycles. The molecular formula is C14H22Br2N2O. The van der Waals surface area contributed by atoms with Crippen LogP contribution in [0.5, 0.6) is 5.75 Å². The molecule has 19 heavy (non-hydrogen) atoms. The van der Waals surface area contributed by atoms with Crippen LogP contribution >= 0.6 is 31.9 Å². The molecule has 1 aromatic carbocycles.